The van der Waals surface area contributed by atoms with Gasteiger partial charge in [0.15, 0.2) is 0 Å². The van der Waals surface area contributed by atoms with Crippen LogP contribution >= 0.6 is 43.5 Å². The maximum absolute atomic E-state index is 10.9. The Balaban J connectivity index is -0.000000614. The molecule has 41 heavy (non-hydrogen) atoms. The van der Waals surface area contributed by atoms with E-state index in [0.29, 0.717) is 6.61 Å². The number of ether oxygens (including phenoxy) is 1. The van der Waals surface area contributed by atoms with Gasteiger partial charge in [-0.2, -0.15) is 0 Å². The van der Waals surface area contributed by atoms with Gasteiger partial charge in [0.2, 0.25) is 5.24 Å². The van der Waals surface area contributed by atoms with Crippen molar-refractivity contribution in [3.63, 3.8) is 0 Å². The zero-order chi connectivity index (χ0) is 32.1. The van der Waals surface area contributed by atoms with Crippen LogP contribution in [-0.2, 0) is 14.3 Å². The van der Waals surface area contributed by atoms with Crippen LogP contribution in [0.2, 0.25) is 0 Å². The van der Waals surface area contributed by atoms with E-state index < -0.39 is 0 Å². The zero-order valence-corrected chi connectivity index (χ0v) is 30.7. The second-order valence-corrected chi connectivity index (χ2v) is 12.0. The molecule has 0 fully saturated rings. The van der Waals surface area contributed by atoms with Crippen molar-refractivity contribution < 1.29 is 19.4 Å². The third-order valence-electron chi connectivity index (χ3n) is 5.58. The number of carbonyl (C=O) groups is 2. The Kier molecular flexibility index (Phi) is 34.2. The average molecular weight is 723 g/mol. The molecule has 0 aliphatic rings. The van der Waals surface area contributed by atoms with Crippen LogP contribution in [0.25, 0.3) is 0 Å². The van der Waals surface area contributed by atoms with Crippen LogP contribution in [0.1, 0.15) is 107 Å². The monoisotopic (exact) mass is 720 g/mol. The normalized spacial score (nSPS) is 11.9. The first kappa shape index (κ1) is 44.2. The first-order valence-electron chi connectivity index (χ1n) is 14.2. The highest BCUT2D eigenvalue weighted by Gasteiger charge is 1.97. The molecule has 0 aromatic heterocycles. The van der Waals surface area contributed by atoms with Gasteiger partial charge >= 0.3 is 5.97 Å². The summed E-state index contributed by atoms with van der Waals surface area (Å²) in [5.41, 5.74) is 8.23. The molecule has 4 nitrogen and oxygen atoms in total. The van der Waals surface area contributed by atoms with Gasteiger partial charge in [-0.3, -0.25) is 9.59 Å². The standard InChI is InChI=1S/C17H27BrO2.C15H26O.C2H2BrClO/c1-14(2)7-5-8-15(3)9-6-10-16(4)11-12-20-17(19)13-18;1-13(2)7-5-8-14(3)9-6-10-15(4)11-12-16;3-1-2(4)5/h7,9,11H,5-6,8,10,12-13H2,1-4H3;7,9,11,16H,5-6,8,10,12H2,1-4H3;1H2/b15-9+,16-11+;14-9+,15-11+;. The van der Waals surface area contributed by atoms with Crippen molar-refractivity contribution in [1.82, 2.24) is 0 Å². The molecule has 236 valence electrons. The second kappa shape index (κ2) is 31.7. The minimum absolute atomic E-state index is 0.162. The molecule has 0 radical (unpaired) electrons. The number of esters is 1. The number of alkyl halides is 2. The molecule has 0 aromatic rings. The van der Waals surface area contributed by atoms with E-state index in [4.69, 9.17) is 21.4 Å². The predicted molar refractivity (Wildman–Crippen MR) is 187 cm³/mol. The summed E-state index contributed by atoms with van der Waals surface area (Å²) in [5.74, 6) is -0.218. The van der Waals surface area contributed by atoms with Gasteiger partial charge in [0, 0.05) is 0 Å². The largest absolute Gasteiger partial charge is 0.461 e. The number of allylic oxidation sites excluding steroid dienone is 10. The molecule has 0 aliphatic carbocycles. The van der Waals surface area contributed by atoms with E-state index >= 15 is 0 Å². The number of carbonyl (C=O) groups excluding carboxylic acids is 2. The van der Waals surface area contributed by atoms with Crippen molar-refractivity contribution in [2.75, 3.05) is 23.9 Å². The van der Waals surface area contributed by atoms with E-state index in [-0.39, 0.29) is 28.5 Å². The number of hydrogen-bond donors (Lipinski definition) is 1. The van der Waals surface area contributed by atoms with Crippen molar-refractivity contribution in [3.05, 3.63) is 69.9 Å². The molecule has 0 heterocycles. The molecule has 0 saturated heterocycles. The molecule has 0 atom stereocenters. The molecule has 0 amide bonds. The van der Waals surface area contributed by atoms with E-state index in [1.807, 2.05) is 12.2 Å². The topological polar surface area (TPSA) is 63.6 Å². The lowest BCUT2D eigenvalue weighted by Crippen LogP contribution is -2.05. The smallest absolute Gasteiger partial charge is 0.316 e. The summed E-state index contributed by atoms with van der Waals surface area (Å²) in [6, 6.07) is 0. The van der Waals surface area contributed by atoms with Gasteiger partial charge in [-0.05, 0) is 124 Å². The van der Waals surface area contributed by atoms with Gasteiger partial charge in [0.25, 0.3) is 0 Å². The lowest BCUT2D eigenvalue weighted by molar-refractivity contribution is -0.139. The first-order valence-corrected chi connectivity index (χ1v) is 16.9. The van der Waals surface area contributed by atoms with Crippen molar-refractivity contribution in [2.45, 2.75) is 107 Å². The molecule has 0 spiro atoms. The molecule has 0 saturated carbocycles. The van der Waals surface area contributed by atoms with Crippen molar-refractivity contribution in [3.8, 4) is 0 Å². The van der Waals surface area contributed by atoms with Crippen molar-refractivity contribution in [1.29, 1.82) is 0 Å². The molecule has 0 bridgehead atoms. The fourth-order valence-electron chi connectivity index (χ4n) is 3.15. The summed E-state index contributed by atoms with van der Waals surface area (Å²) in [6.07, 6.45) is 21.8. The van der Waals surface area contributed by atoms with Gasteiger partial charge < -0.3 is 9.84 Å². The second-order valence-electron chi connectivity index (χ2n) is 10.4. The summed E-state index contributed by atoms with van der Waals surface area (Å²) >= 11 is 10.7. The van der Waals surface area contributed by atoms with Gasteiger partial charge in [0.1, 0.15) is 11.9 Å². The highest BCUT2D eigenvalue weighted by molar-refractivity contribution is 9.09. The van der Waals surface area contributed by atoms with E-state index in [2.05, 4.69) is 112 Å². The summed E-state index contributed by atoms with van der Waals surface area (Å²) in [4.78, 5) is 20.5. The van der Waals surface area contributed by atoms with Crippen LogP contribution in [0.4, 0.5) is 0 Å². The highest BCUT2D eigenvalue weighted by atomic mass is 79.9. The summed E-state index contributed by atoms with van der Waals surface area (Å²) in [6.45, 7) is 17.6. The SMILES string of the molecule is CC(C)=CCC/C(C)=C/CC/C(C)=C/CO.CC(C)=CCC/C(C)=C/CC/C(C)=C/COC(=O)CBr.O=C(Cl)CBr. The number of hydrogen-bond acceptors (Lipinski definition) is 4. The van der Waals surface area contributed by atoms with Crippen LogP contribution in [0.5, 0.6) is 0 Å². The third kappa shape index (κ3) is 41.0. The fraction of sp³-hybridized carbons (Fsp3) is 0.588. The lowest BCUT2D eigenvalue weighted by atomic mass is 10.1. The highest BCUT2D eigenvalue weighted by Crippen LogP contribution is 2.12. The molecule has 0 aromatic carbocycles. The summed E-state index contributed by atoms with van der Waals surface area (Å²) < 4.78 is 4.98. The Morgan fingerprint density at radius 3 is 1.27 bits per heavy atom. The van der Waals surface area contributed by atoms with Crippen molar-refractivity contribution in [2.24, 2.45) is 0 Å². The number of halogens is 3. The number of aliphatic hydroxyl groups excluding tert-OH is 1. The number of rotatable bonds is 17. The molecule has 0 unspecified atom stereocenters. The van der Waals surface area contributed by atoms with Crippen LogP contribution in [0.3, 0.4) is 0 Å². The van der Waals surface area contributed by atoms with Gasteiger partial charge in [-0.1, -0.05) is 95.7 Å². The van der Waals surface area contributed by atoms with Gasteiger partial charge in [-0.15, -0.1) is 0 Å². The molecular formula is C34H55Br2ClO4. The van der Waals surface area contributed by atoms with Crippen molar-refractivity contribution >= 4 is 54.7 Å². The molecule has 1 N–H and O–H groups in total. The molecular weight excluding hydrogens is 668 g/mol. The first-order chi connectivity index (χ1) is 19.3. The van der Waals surface area contributed by atoms with Crippen LogP contribution in [0, 0.1) is 0 Å². The molecule has 0 aliphatic heterocycles. The molecule has 0 rings (SSSR count). The Hall–Kier alpha value is -1.21. The molecule has 7 heteroatoms. The van der Waals surface area contributed by atoms with Gasteiger partial charge in [0.05, 0.1) is 11.9 Å². The summed E-state index contributed by atoms with van der Waals surface area (Å²) in [7, 11) is 0. The average Bonchev–Trinajstić information content (AvgIpc) is 2.89. The Morgan fingerprint density at radius 1 is 0.610 bits per heavy atom. The fourth-order valence-corrected chi connectivity index (χ4v) is 3.31. The van der Waals surface area contributed by atoms with Crippen LogP contribution < -0.4 is 0 Å². The minimum atomic E-state index is -0.356. The Bertz CT molecular complexity index is 888. The van der Waals surface area contributed by atoms with E-state index in [1.165, 1.54) is 33.4 Å². The Morgan fingerprint density at radius 2 is 0.951 bits per heavy atom. The third-order valence-corrected chi connectivity index (χ3v) is 7.00. The van der Waals surface area contributed by atoms with E-state index in [1.54, 1.807) is 0 Å². The minimum Gasteiger partial charge on any atom is -0.461 e. The van der Waals surface area contributed by atoms with E-state index in [0.717, 1.165) is 51.4 Å². The van der Waals surface area contributed by atoms with E-state index in [9.17, 15) is 9.59 Å². The summed E-state index contributed by atoms with van der Waals surface area (Å²) in [5, 5.41) is 8.86. The van der Waals surface area contributed by atoms with Crippen LogP contribution in [-0.4, -0.2) is 40.2 Å². The van der Waals surface area contributed by atoms with Crippen LogP contribution in [0.15, 0.2) is 69.9 Å². The predicted octanol–water partition coefficient (Wildman–Crippen LogP) is 10.9. The maximum atomic E-state index is 10.9. The number of aliphatic hydroxyl groups is 1. The quantitative estimate of drug-likeness (QED) is 0.0703. The van der Waals surface area contributed by atoms with Gasteiger partial charge in [-0.25, -0.2) is 0 Å². The Labute approximate surface area is 273 Å². The maximum Gasteiger partial charge on any atom is 0.316 e. The zero-order valence-electron chi connectivity index (χ0n) is 26.8. The lowest BCUT2D eigenvalue weighted by Gasteiger charge is -2.02.